The lowest BCUT2D eigenvalue weighted by atomic mass is 9.95. The van der Waals surface area contributed by atoms with Gasteiger partial charge < -0.3 is 11.1 Å². The predicted molar refractivity (Wildman–Crippen MR) is 84.6 cm³/mol. The average Bonchev–Trinajstić information content (AvgIpc) is 2.45. The smallest absolute Gasteiger partial charge is 0.220 e. The third-order valence-corrected chi connectivity index (χ3v) is 3.95. The summed E-state index contributed by atoms with van der Waals surface area (Å²) < 4.78 is 0. The van der Waals surface area contributed by atoms with E-state index in [4.69, 9.17) is 5.73 Å². The van der Waals surface area contributed by atoms with Crippen molar-refractivity contribution in [2.24, 2.45) is 11.7 Å². The maximum absolute atomic E-state index is 11.8. The van der Waals surface area contributed by atoms with Gasteiger partial charge in [0.1, 0.15) is 0 Å². The molecule has 0 aliphatic rings. The molecule has 0 heterocycles. The summed E-state index contributed by atoms with van der Waals surface area (Å²) >= 11 is 0. The lowest BCUT2D eigenvalue weighted by Gasteiger charge is -2.21. The van der Waals surface area contributed by atoms with E-state index in [1.165, 1.54) is 11.1 Å². The molecule has 0 saturated carbocycles. The van der Waals surface area contributed by atoms with Gasteiger partial charge in [0.2, 0.25) is 5.91 Å². The molecule has 3 heteroatoms. The van der Waals surface area contributed by atoms with E-state index in [9.17, 15) is 4.79 Å². The van der Waals surface area contributed by atoms with Crippen molar-refractivity contribution in [3.63, 3.8) is 0 Å². The topological polar surface area (TPSA) is 55.1 Å². The van der Waals surface area contributed by atoms with Gasteiger partial charge in [-0.2, -0.15) is 0 Å². The fourth-order valence-electron chi connectivity index (χ4n) is 2.39. The molecule has 0 bridgehead atoms. The second kappa shape index (κ2) is 8.75. The number of carbonyl (C=O) groups excluding carboxylic acids is 1. The largest absolute Gasteiger partial charge is 0.355 e. The van der Waals surface area contributed by atoms with E-state index in [-0.39, 0.29) is 11.9 Å². The van der Waals surface area contributed by atoms with Crippen LogP contribution in [0.5, 0.6) is 0 Å². The van der Waals surface area contributed by atoms with Crippen molar-refractivity contribution in [3.05, 3.63) is 35.4 Å². The predicted octanol–water partition coefficient (Wildman–Crippen LogP) is 2.81. The summed E-state index contributed by atoms with van der Waals surface area (Å²) in [4.78, 5) is 11.8. The van der Waals surface area contributed by atoms with Crippen LogP contribution in [0.2, 0.25) is 0 Å². The average molecular weight is 276 g/mol. The second-order valence-electron chi connectivity index (χ2n) is 5.53. The Morgan fingerprint density at radius 3 is 2.35 bits per heavy atom. The van der Waals surface area contributed by atoms with Crippen LogP contribution in [0.4, 0.5) is 0 Å². The van der Waals surface area contributed by atoms with Gasteiger partial charge in [-0.3, -0.25) is 4.79 Å². The van der Waals surface area contributed by atoms with Gasteiger partial charge in [-0.05, 0) is 24.8 Å². The molecule has 0 aliphatic carbocycles. The number of hydrogen-bond donors (Lipinski definition) is 2. The van der Waals surface area contributed by atoms with Crippen LogP contribution in [0, 0.1) is 12.8 Å². The number of hydrogen-bond acceptors (Lipinski definition) is 2. The summed E-state index contributed by atoms with van der Waals surface area (Å²) in [6, 6.07) is 8.39. The van der Waals surface area contributed by atoms with Crippen molar-refractivity contribution in [2.45, 2.75) is 52.5 Å². The highest BCUT2D eigenvalue weighted by Gasteiger charge is 2.14. The van der Waals surface area contributed by atoms with Crippen molar-refractivity contribution >= 4 is 5.91 Å². The number of aryl methyl sites for hydroxylation is 2. The van der Waals surface area contributed by atoms with E-state index >= 15 is 0 Å². The molecule has 1 atom stereocenters. The van der Waals surface area contributed by atoms with Crippen LogP contribution < -0.4 is 11.1 Å². The van der Waals surface area contributed by atoms with Gasteiger partial charge in [-0.25, -0.2) is 0 Å². The summed E-state index contributed by atoms with van der Waals surface area (Å²) in [6.07, 6.45) is 3.44. The zero-order valence-electron chi connectivity index (χ0n) is 13.0. The molecule has 1 rings (SSSR count). The first-order chi connectivity index (χ1) is 9.56. The molecular formula is C17H28N2O. The van der Waals surface area contributed by atoms with Crippen molar-refractivity contribution in [1.29, 1.82) is 0 Å². The van der Waals surface area contributed by atoms with Crippen molar-refractivity contribution in [2.75, 3.05) is 6.54 Å². The van der Waals surface area contributed by atoms with Crippen LogP contribution in [0.1, 0.15) is 44.2 Å². The normalized spacial score (nSPS) is 12.4. The first kappa shape index (κ1) is 16.7. The Morgan fingerprint density at radius 2 is 1.80 bits per heavy atom. The summed E-state index contributed by atoms with van der Waals surface area (Å²) in [5.41, 5.74) is 8.54. The number of benzene rings is 1. The minimum atomic E-state index is 0.0633. The maximum Gasteiger partial charge on any atom is 0.220 e. The van der Waals surface area contributed by atoms with Crippen molar-refractivity contribution in [3.8, 4) is 0 Å². The molecule has 3 nitrogen and oxygen atoms in total. The molecule has 0 fully saturated rings. The highest BCUT2D eigenvalue weighted by Crippen LogP contribution is 2.10. The second-order valence-corrected chi connectivity index (χ2v) is 5.53. The van der Waals surface area contributed by atoms with Crippen molar-refractivity contribution in [1.82, 2.24) is 5.32 Å². The Labute approximate surface area is 122 Å². The van der Waals surface area contributed by atoms with Crippen LogP contribution in [0.15, 0.2) is 24.3 Å². The molecule has 0 spiro atoms. The first-order valence-electron chi connectivity index (χ1n) is 7.64. The van der Waals surface area contributed by atoms with Gasteiger partial charge in [0.15, 0.2) is 0 Å². The third-order valence-electron chi connectivity index (χ3n) is 3.95. The van der Waals surface area contributed by atoms with Gasteiger partial charge in [-0.1, -0.05) is 56.5 Å². The van der Waals surface area contributed by atoms with E-state index in [1.807, 2.05) is 0 Å². The van der Waals surface area contributed by atoms with Gasteiger partial charge in [0, 0.05) is 19.0 Å². The summed E-state index contributed by atoms with van der Waals surface area (Å²) in [7, 11) is 0. The van der Waals surface area contributed by atoms with Gasteiger partial charge in [-0.15, -0.1) is 0 Å². The summed E-state index contributed by atoms with van der Waals surface area (Å²) in [6.45, 7) is 6.94. The van der Waals surface area contributed by atoms with Crippen LogP contribution in [0.25, 0.3) is 0 Å². The Kier molecular flexibility index (Phi) is 7.31. The Balaban J connectivity index is 2.28. The number of nitrogens with one attached hydrogen (secondary N) is 1. The molecular weight excluding hydrogens is 248 g/mol. The first-order valence-corrected chi connectivity index (χ1v) is 7.64. The van der Waals surface area contributed by atoms with E-state index in [0.717, 1.165) is 19.3 Å². The Morgan fingerprint density at radius 1 is 1.20 bits per heavy atom. The lowest BCUT2D eigenvalue weighted by molar-refractivity contribution is -0.121. The van der Waals surface area contributed by atoms with Crippen LogP contribution >= 0.6 is 0 Å². The molecule has 20 heavy (non-hydrogen) atoms. The molecule has 0 saturated heterocycles. The quantitative estimate of drug-likeness (QED) is 0.767. The van der Waals surface area contributed by atoms with Crippen molar-refractivity contribution < 1.29 is 4.79 Å². The molecule has 1 unspecified atom stereocenters. The van der Waals surface area contributed by atoms with Gasteiger partial charge in [0.25, 0.3) is 0 Å². The molecule has 1 amide bonds. The fraction of sp³-hybridized carbons (Fsp3) is 0.588. The SMILES string of the molecule is CCC(CC)C(N)CNC(=O)CCc1ccc(C)cc1. The Bertz CT molecular complexity index is 396. The van der Waals surface area contributed by atoms with E-state index < -0.39 is 0 Å². The standard InChI is InChI=1S/C17H28N2O/c1-4-15(5-2)16(18)12-19-17(20)11-10-14-8-6-13(3)7-9-14/h6-9,15-16H,4-5,10-12,18H2,1-3H3,(H,19,20). The maximum atomic E-state index is 11.8. The highest BCUT2D eigenvalue weighted by molar-refractivity contribution is 5.76. The number of carbonyl (C=O) groups is 1. The number of nitrogens with two attached hydrogens (primary N) is 1. The number of rotatable bonds is 8. The zero-order chi connectivity index (χ0) is 15.0. The van der Waals surface area contributed by atoms with Crippen LogP contribution in [0.3, 0.4) is 0 Å². The monoisotopic (exact) mass is 276 g/mol. The molecule has 1 aromatic carbocycles. The molecule has 0 radical (unpaired) electrons. The minimum absolute atomic E-state index is 0.0633. The minimum Gasteiger partial charge on any atom is -0.355 e. The summed E-state index contributed by atoms with van der Waals surface area (Å²) in [5.74, 6) is 0.583. The molecule has 3 N–H and O–H groups in total. The highest BCUT2D eigenvalue weighted by atomic mass is 16.1. The van der Waals surface area contributed by atoms with Gasteiger partial charge in [0.05, 0.1) is 0 Å². The summed E-state index contributed by atoms with van der Waals surface area (Å²) in [5, 5.41) is 2.95. The van der Waals surface area contributed by atoms with Gasteiger partial charge >= 0.3 is 0 Å². The molecule has 0 aromatic heterocycles. The number of amides is 1. The zero-order valence-corrected chi connectivity index (χ0v) is 13.0. The van der Waals surface area contributed by atoms with E-state index in [2.05, 4.69) is 50.4 Å². The van der Waals surface area contributed by atoms with Crippen LogP contribution in [-0.2, 0) is 11.2 Å². The fourth-order valence-corrected chi connectivity index (χ4v) is 2.39. The van der Waals surface area contributed by atoms with E-state index in [0.29, 0.717) is 18.9 Å². The van der Waals surface area contributed by atoms with Crippen LogP contribution in [-0.4, -0.2) is 18.5 Å². The molecule has 112 valence electrons. The lowest BCUT2D eigenvalue weighted by Crippen LogP contribution is -2.41. The third kappa shape index (κ3) is 5.74. The molecule has 0 aliphatic heterocycles. The van der Waals surface area contributed by atoms with E-state index in [1.54, 1.807) is 0 Å². The Hall–Kier alpha value is -1.35. The molecule has 1 aromatic rings.